The van der Waals surface area contributed by atoms with Gasteiger partial charge in [-0.25, -0.2) is 4.79 Å². The molecule has 0 heterocycles. The van der Waals surface area contributed by atoms with Crippen molar-refractivity contribution in [3.63, 3.8) is 0 Å². The van der Waals surface area contributed by atoms with Crippen LogP contribution in [0.1, 0.15) is 31.1 Å². The highest BCUT2D eigenvalue weighted by atomic mass is 16.5. The summed E-state index contributed by atoms with van der Waals surface area (Å²) < 4.78 is 5.62. The number of hydrogen-bond donors (Lipinski definition) is 0. The molecule has 0 spiro atoms. The molecule has 0 unspecified atom stereocenters. The molecule has 0 aliphatic carbocycles. The maximum atomic E-state index is 12.2. The zero-order chi connectivity index (χ0) is 16.9. The fraction of sp³-hybridized carbons (Fsp3) is 0.136. The summed E-state index contributed by atoms with van der Waals surface area (Å²) in [5.74, 6) is -0.322. The Bertz CT molecular complexity index is 873. The molecule has 0 aliphatic rings. The molecule has 0 saturated carbocycles. The van der Waals surface area contributed by atoms with E-state index in [4.69, 9.17) is 4.74 Å². The maximum absolute atomic E-state index is 12.2. The van der Waals surface area contributed by atoms with Gasteiger partial charge in [-0.3, -0.25) is 0 Å². The quantitative estimate of drug-likeness (QED) is 0.466. The lowest BCUT2D eigenvalue weighted by atomic mass is 10.0. The molecule has 2 heteroatoms. The number of hydrogen-bond acceptors (Lipinski definition) is 2. The number of fused-ring (bicyclic) bond motifs is 1. The lowest BCUT2D eigenvalue weighted by Crippen LogP contribution is -2.07. The van der Waals surface area contributed by atoms with Gasteiger partial charge in [-0.05, 0) is 41.3 Å². The average Bonchev–Trinajstić information content (AvgIpc) is 2.61. The van der Waals surface area contributed by atoms with Crippen molar-refractivity contribution in [2.45, 2.75) is 20.0 Å². The van der Waals surface area contributed by atoms with Crippen molar-refractivity contribution >= 4 is 22.3 Å². The summed E-state index contributed by atoms with van der Waals surface area (Å²) >= 11 is 0. The number of carbonyl (C=O) groups excluding carboxylic acids is 1. The minimum Gasteiger partial charge on any atom is -0.455 e. The molecule has 3 aromatic rings. The topological polar surface area (TPSA) is 26.3 Å². The van der Waals surface area contributed by atoms with Gasteiger partial charge in [0.05, 0.1) is 0 Å². The van der Waals surface area contributed by atoms with E-state index in [0.29, 0.717) is 0 Å². The predicted octanol–water partition coefficient (Wildman–Crippen LogP) is 5.55. The van der Waals surface area contributed by atoms with Gasteiger partial charge in [0.2, 0.25) is 0 Å². The highest BCUT2D eigenvalue weighted by Gasteiger charge is 2.13. The molecule has 0 amide bonds. The van der Waals surface area contributed by atoms with Gasteiger partial charge in [-0.1, -0.05) is 72.8 Å². The standard InChI is InChI=1S/C22H20O2/c1-16(18-9-4-3-5-10-18)15-22(23)24-17(2)20-14-8-12-19-11-6-7-13-21(19)20/h3-15,17H,1-2H3/b16-15+/t17-/m1/s1. The van der Waals surface area contributed by atoms with Crippen LogP contribution in [0, 0.1) is 0 Å². The van der Waals surface area contributed by atoms with Gasteiger partial charge in [0, 0.05) is 6.08 Å². The first kappa shape index (κ1) is 16.0. The lowest BCUT2D eigenvalue weighted by molar-refractivity contribution is -0.142. The highest BCUT2D eigenvalue weighted by Crippen LogP contribution is 2.26. The van der Waals surface area contributed by atoms with Gasteiger partial charge < -0.3 is 4.74 Å². The van der Waals surface area contributed by atoms with Crippen molar-refractivity contribution in [2.75, 3.05) is 0 Å². The van der Waals surface area contributed by atoms with Crippen molar-refractivity contribution < 1.29 is 9.53 Å². The second kappa shape index (κ2) is 7.14. The molecule has 3 rings (SSSR count). The Balaban J connectivity index is 1.79. The largest absolute Gasteiger partial charge is 0.455 e. The fourth-order valence-corrected chi connectivity index (χ4v) is 2.84. The molecule has 0 aliphatic heterocycles. The molecule has 0 fully saturated rings. The first-order valence-corrected chi connectivity index (χ1v) is 8.07. The first-order chi connectivity index (χ1) is 11.6. The zero-order valence-corrected chi connectivity index (χ0v) is 13.9. The van der Waals surface area contributed by atoms with E-state index < -0.39 is 0 Å². The zero-order valence-electron chi connectivity index (χ0n) is 13.9. The summed E-state index contributed by atoms with van der Waals surface area (Å²) in [5.41, 5.74) is 2.94. The Labute approximate surface area is 142 Å². The molecule has 0 bridgehead atoms. The van der Waals surface area contributed by atoms with Gasteiger partial charge in [0.1, 0.15) is 6.10 Å². The number of rotatable bonds is 4. The summed E-state index contributed by atoms with van der Waals surface area (Å²) in [7, 11) is 0. The van der Waals surface area contributed by atoms with E-state index in [2.05, 4.69) is 18.2 Å². The minimum atomic E-state index is -0.322. The number of esters is 1. The molecule has 2 nitrogen and oxygen atoms in total. The van der Waals surface area contributed by atoms with Crippen LogP contribution in [-0.4, -0.2) is 5.97 Å². The second-order valence-corrected chi connectivity index (χ2v) is 5.84. The van der Waals surface area contributed by atoms with Crippen LogP contribution in [0.2, 0.25) is 0 Å². The van der Waals surface area contributed by atoms with Crippen molar-refractivity contribution in [3.8, 4) is 0 Å². The molecular formula is C22H20O2. The first-order valence-electron chi connectivity index (χ1n) is 8.07. The molecular weight excluding hydrogens is 296 g/mol. The molecule has 24 heavy (non-hydrogen) atoms. The Morgan fingerprint density at radius 3 is 2.38 bits per heavy atom. The van der Waals surface area contributed by atoms with Crippen LogP contribution in [0.25, 0.3) is 16.3 Å². The predicted molar refractivity (Wildman–Crippen MR) is 98.5 cm³/mol. The van der Waals surface area contributed by atoms with E-state index in [1.54, 1.807) is 6.08 Å². The summed E-state index contributed by atoms with van der Waals surface area (Å²) in [6, 6.07) is 24.0. The number of allylic oxidation sites excluding steroid dienone is 1. The Kier molecular flexibility index (Phi) is 4.76. The van der Waals surface area contributed by atoms with Crippen molar-refractivity contribution in [1.82, 2.24) is 0 Å². The van der Waals surface area contributed by atoms with Crippen LogP contribution in [0.15, 0.2) is 78.9 Å². The van der Waals surface area contributed by atoms with Gasteiger partial charge >= 0.3 is 5.97 Å². The lowest BCUT2D eigenvalue weighted by Gasteiger charge is -2.15. The smallest absolute Gasteiger partial charge is 0.331 e. The Morgan fingerprint density at radius 1 is 0.917 bits per heavy atom. The minimum absolute atomic E-state index is 0.302. The Morgan fingerprint density at radius 2 is 1.58 bits per heavy atom. The van der Waals surface area contributed by atoms with Crippen LogP contribution in [0.4, 0.5) is 0 Å². The normalized spacial score (nSPS) is 12.8. The monoisotopic (exact) mass is 316 g/mol. The van der Waals surface area contributed by atoms with Gasteiger partial charge in [0.25, 0.3) is 0 Å². The number of benzene rings is 3. The van der Waals surface area contributed by atoms with Crippen molar-refractivity contribution in [2.24, 2.45) is 0 Å². The van der Waals surface area contributed by atoms with E-state index in [0.717, 1.165) is 27.5 Å². The second-order valence-electron chi connectivity index (χ2n) is 5.84. The molecule has 120 valence electrons. The van der Waals surface area contributed by atoms with E-state index >= 15 is 0 Å². The maximum Gasteiger partial charge on any atom is 0.331 e. The Hall–Kier alpha value is -2.87. The van der Waals surface area contributed by atoms with Crippen LogP contribution >= 0.6 is 0 Å². The third-order valence-corrected chi connectivity index (χ3v) is 4.12. The van der Waals surface area contributed by atoms with Crippen LogP contribution in [0.5, 0.6) is 0 Å². The summed E-state index contributed by atoms with van der Waals surface area (Å²) in [5, 5.41) is 2.26. The summed E-state index contributed by atoms with van der Waals surface area (Å²) in [6.45, 7) is 3.82. The van der Waals surface area contributed by atoms with E-state index in [1.165, 1.54) is 0 Å². The van der Waals surface area contributed by atoms with E-state index in [-0.39, 0.29) is 12.1 Å². The third-order valence-electron chi connectivity index (χ3n) is 4.12. The summed E-state index contributed by atoms with van der Waals surface area (Å²) in [6.07, 6.45) is 1.25. The van der Waals surface area contributed by atoms with Gasteiger partial charge in [-0.15, -0.1) is 0 Å². The molecule has 0 radical (unpaired) electrons. The van der Waals surface area contributed by atoms with Crippen molar-refractivity contribution in [1.29, 1.82) is 0 Å². The molecule has 0 saturated heterocycles. The van der Waals surface area contributed by atoms with Crippen molar-refractivity contribution in [3.05, 3.63) is 90.0 Å². The molecule has 3 aromatic carbocycles. The fourth-order valence-electron chi connectivity index (χ4n) is 2.84. The van der Waals surface area contributed by atoms with Crippen LogP contribution < -0.4 is 0 Å². The SMILES string of the molecule is C/C(=C\C(=O)O[C@H](C)c1cccc2ccccc12)c1ccccc1. The number of carbonyl (C=O) groups is 1. The van der Waals surface area contributed by atoms with Gasteiger partial charge in [-0.2, -0.15) is 0 Å². The molecule has 0 aromatic heterocycles. The third kappa shape index (κ3) is 3.54. The van der Waals surface area contributed by atoms with Crippen LogP contribution in [-0.2, 0) is 9.53 Å². The molecule has 1 atom stereocenters. The van der Waals surface area contributed by atoms with E-state index in [9.17, 15) is 4.79 Å². The highest BCUT2D eigenvalue weighted by molar-refractivity contribution is 5.91. The van der Waals surface area contributed by atoms with E-state index in [1.807, 2.05) is 68.4 Å². The van der Waals surface area contributed by atoms with Gasteiger partial charge in [0.15, 0.2) is 0 Å². The van der Waals surface area contributed by atoms with Crippen LogP contribution in [0.3, 0.4) is 0 Å². The molecule has 0 N–H and O–H groups in total. The average molecular weight is 316 g/mol. The number of ether oxygens (including phenoxy) is 1. The summed E-state index contributed by atoms with van der Waals surface area (Å²) in [4.78, 5) is 12.2.